The van der Waals surface area contributed by atoms with Gasteiger partial charge in [-0.1, -0.05) is 19.1 Å². The van der Waals surface area contributed by atoms with E-state index in [1.807, 2.05) is 36.0 Å². The molecule has 0 spiro atoms. The fraction of sp³-hybridized carbons (Fsp3) is 0.375. The molecule has 5 nitrogen and oxygen atoms in total. The quantitative estimate of drug-likeness (QED) is 0.856. The van der Waals surface area contributed by atoms with E-state index in [0.29, 0.717) is 0 Å². The fourth-order valence-electron chi connectivity index (χ4n) is 2.28. The molecule has 21 heavy (non-hydrogen) atoms. The maximum atomic E-state index is 11.0. The Hall–Kier alpha value is -2.14. The van der Waals surface area contributed by atoms with E-state index in [-0.39, 0.29) is 5.91 Å². The Kier molecular flexibility index (Phi) is 5.11. The van der Waals surface area contributed by atoms with Gasteiger partial charge < -0.3 is 10.6 Å². The van der Waals surface area contributed by atoms with Crippen molar-refractivity contribution in [1.29, 1.82) is 0 Å². The molecule has 0 bridgehead atoms. The van der Waals surface area contributed by atoms with Crippen molar-refractivity contribution in [1.82, 2.24) is 15.1 Å². The summed E-state index contributed by atoms with van der Waals surface area (Å²) < 4.78 is 1.86. The van der Waals surface area contributed by atoms with E-state index in [9.17, 15) is 4.79 Å². The van der Waals surface area contributed by atoms with E-state index in [1.54, 1.807) is 0 Å². The maximum Gasteiger partial charge on any atom is 0.221 e. The molecule has 0 unspecified atom stereocenters. The molecule has 112 valence electrons. The minimum absolute atomic E-state index is 0.0513. The molecule has 2 aromatic rings. The standard InChI is InChI=1S/C16H22N4O/c1-4-16-14(11-20(3)19-16)10-17-9-13-5-7-15(8-6-13)18-12(2)21/h5-8,11,17H,4,9-10H2,1-3H3,(H,18,21). The summed E-state index contributed by atoms with van der Waals surface area (Å²) in [5.74, 6) is -0.0513. The molecule has 0 saturated carbocycles. The highest BCUT2D eigenvalue weighted by molar-refractivity contribution is 5.88. The first-order valence-electron chi connectivity index (χ1n) is 7.17. The zero-order chi connectivity index (χ0) is 15.2. The smallest absolute Gasteiger partial charge is 0.221 e. The summed E-state index contributed by atoms with van der Waals surface area (Å²) in [6.07, 6.45) is 3.01. The minimum atomic E-state index is -0.0513. The van der Waals surface area contributed by atoms with Gasteiger partial charge in [0.25, 0.3) is 0 Å². The molecule has 0 radical (unpaired) electrons. The van der Waals surface area contributed by atoms with Crippen LogP contribution in [0.15, 0.2) is 30.5 Å². The molecule has 2 N–H and O–H groups in total. The number of nitrogens with zero attached hydrogens (tertiary/aromatic N) is 2. The van der Waals surface area contributed by atoms with E-state index < -0.39 is 0 Å². The van der Waals surface area contributed by atoms with Crippen LogP contribution in [-0.2, 0) is 31.4 Å². The molecule has 0 aliphatic heterocycles. The van der Waals surface area contributed by atoms with Crippen LogP contribution >= 0.6 is 0 Å². The first kappa shape index (κ1) is 15.3. The van der Waals surface area contributed by atoms with Crippen LogP contribution in [-0.4, -0.2) is 15.7 Å². The highest BCUT2D eigenvalue weighted by atomic mass is 16.1. The minimum Gasteiger partial charge on any atom is -0.326 e. The molecule has 0 aliphatic rings. The van der Waals surface area contributed by atoms with Crippen molar-refractivity contribution < 1.29 is 4.79 Å². The Bertz CT molecular complexity index is 601. The van der Waals surface area contributed by atoms with Gasteiger partial charge in [-0.2, -0.15) is 5.10 Å². The lowest BCUT2D eigenvalue weighted by molar-refractivity contribution is -0.114. The van der Waals surface area contributed by atoms with Crippen LogP contribution in [0.5, 0.6) is 0 Å². The van der Waals surface area contributed by atoms with Crippen LogP contribution in [0, 0.1) is 0 Å². The van der Waals surface area contributed by atoms with Crippen molar-refractivity contribution in [3.05, 3.63) is 47.3 Å². The van der Waals surface area contributed by atoms with Gasteiger partial charge in [0, 0.05) is 44.5 Å². The lowest BCUT2D eigenvalue weighted by Gasteiger charge is -2.06. The predicted octanol–water partition coefficient (Wildman–Crippen LogP) is 2.23. The molecule has 0 fully saturated rings. The number of benzene rings is 1. The Morgan fingerprint density at radius 1 is 1.24 bits per heavy atom. The van der Waals surface area contributed by atoms with E-state index >= 15 is 0 Å². The Balaban J connectivity index is 1.87. The molecule has 5 heteroatoms. The van der Waals surface area contributed by atoms with Crippen molar-refractivity contribution >= 4 is 11.6 Å². The largest absolute Gasteiger partial charge is 0.326 e. The third kappa shape index (κ3) is 4.43. The Morgan fingerprint density at radius 2 is 1.95 bits per heavy atom. The molecule has 2 rings (SSSR count). The molecule has 0 aliphatic carbocycles. The monoisotopic (exact) mass is 286 g/mol. The zero-order valence-electron chi connectivity index (χ0n) is 12.8. The van der Waals surface area contributed by atoms with Gasteiger partial charge in [0.15, 0.2) is 0 Å². The number of rotatable bonds is 6. The molecule has 0 saturated heterocycles. The summed E-state index contributed by atoms with van der Waals surface area (Å²) in [6.45, 7) is 5.23. The third-order valence-corrected chi connectivity index (χ3v) is 3.25. The first-order chi connectivity index (χ1) is 10.1. The van der Waals surface area contributed by atoms with Crippen LogP contribution in [0.25, 0.3) is 0 Å². The maximum absolute atomic E-state index is 11.0. The highest BCUT2D eigenvalue weighted by Gasteiger charge is 2.05. The van der Waals surface area contributed by atoms with Crippen molar-refractivity contribution in [2.24, 2.45) is 7.05 Å². The fourth-order valence-corrected chi connectivity index (χ4v) is 2.28. The van der Waals surface area contributed by atoms with E-state index in [1.165, 1.54) is 18.1 Å². The molecule has 0 atom stereocenters. The summed E-state index contributed by atoms with van der Waals surface area (Å²) in [5, 5.41) is 10.6. The third-order valence-electron chi connectivity index (χ3n) is 3.25. The summed E-state index contributed by atoms with van der Waals surface area (Å²) in [5.41, 5.74) is 4.40. The van der Waals surface area contributed by atoms with E-state index in [0.717, 1.165) is 30.9 Å². The summed E-state index contributed by atoms with van der Waals surface area (Å²) in [4.78, 5) is 11.0. The summed E-state index contributed by atoms with van der Waals surface area (Å²) in [6, 6.07) is 7.87. The van der Waals surface area contributed by atoms with Gasteiger partial charge >= 0.3 is 0 Å². The number of aromatic nitrogens is 2. The second kappa shape index (κ2) is 7.04. The van der Waals surface area contributed by atoms with Crippen LogP contribution in [0.1, 0.15) is 30.7 Å². The molecular weight excluding hydrogens is 264 g/mol. The van der Waals surface area contributed by atoms with Gasteiger partial charge in [0.1, 0.15) is 0 Å². The first-order valence-corrected chi connectivity index (χ1v) is 7.17. The second-order valence-corrected chi connectivity index (χ2v) is 5.11. The van der Waals surface area contributed by atoms with Gasteiger partial charge in [-0.05, 0) is 24.1 Å². The second-order valence-electron chi connectivity index (χ2n) is 5.11. The van der Waals surface area contributed by atoms with Crippen molar-refractivity contribution in [2.75, 3.05) is 5.32 Å². The van der Waals surface area contributed by atoms with Crippen LogP contribution in [0.3, 0.4) is 0 Å². The summed E-state index contributed by atoms with van der Waals surface area (Å²) in [7, 11) is 1.95. The topological polar surface area (TPSA) is 59.0 Å². The number of hydrogen-bond acceptors (Lipinski definition) is 3. The van der Waals surface area contributed by atoms with Crippen molar-refractivity contribution in [2.45, 2.75) is 33.4 Å². The van der Waals surface area contributed by atoms with E-state index in [2.05, 4.69) is 28.9 Å². The van der Waals surface area contributed by atoms with Crippen LogP contribution < -0.4 is 10.6 Å². The molecule has 1 aromatic heterocycles. The number of aryl methyl sites for hydroxylation is 2. The number of amides is 1. The SMILES string of the molecule is CCc1nn(C)cc1CNCc1ccc(NC(C)=O)cc1. The molecule has 1 heterocycles. The van der Waals surface area contributed by atoms with E-state index in [4.69, 9.17) is 0 Å². The highest BCUT2D eigenvalue weighted by Crippen LogP contribution is 2.10. The van der Waals surface area contributed by atoms with Gasteiger partial charge in [0.2, 0.25) is 5.91 Å². The number of hydrogen-bond donors (Lipinski definition) is 2. The average molecular weight is 286 g/mol. The number of carbonyl (C=O) groups is 1. The molecular formula is C16H22N4O. The Labute approximate surface area is 125 Å². The van der Waals surface area contributed by atoms with Crippen molar-refractivity contribution in [3.8, 4) is 0 Å². The van der Waals surface area contributed by atoms with Crippen LogP contribution in [0.2, 0.25) is 0 Å². The summed E-state index contributed by atoms with van der Waals surface area (Å²) >= 11 is 0. The zero-order valence-corrected chi connectivity index (χ0v) is 12.8. The molecule has 1 amide bonds. The van der Waals surface area contributed by atoms with Gasteiger partial charge in [-0.15, -0.1) is 0 Å². The van der Waals surface area contributed by atoms with Crippen LogP contribution in [0.4, 0.5) is 5.69 Å². The Morgan fingerprint density at radius 3 is 2.57 bits per heavy atom. The predicted molar refractivity (Wildman–Crippen MR) is 83.9 cm³/mol. The number of anilines is 1. The lowest BCUT2D eigenvalue weighted by Crippen LogP contribution is -2.13. The lowest BCUT2D eigenvalue weighted by atomic mass is 10.2. The van der Waals surface area contributed by atoms with Crippen molar-refractivity contribution in [3.63, 3.8) is 0 Å². The van der Waals surface area contributed by atoms with Gasteiger partial charge in [-0.3, -0.25) is 9.48 Å². The number of nitrogens with one attached hydrogen (secondary N) is 2. The molecule has 1 aromatic carbocycles. The van der Waals surface area contributed by atoms with Gasteiger partial charge in [-0.25, -0.2) is 0 Å². The number of carbonyl (C=O) groups excluding carboxylic acids is 1. The average Bonchev–Trinajstić information content (AvgIpc) is 2.80. The van der Waals surface area contributed by atoms with Gasteiger partial charge in [0.05, 0.1) is 5.69 Å². The normalized spacial score (nSPS) is 10.6.